The number of aliphatic hydroxyl groups is 1. The number of hydrogen-bond acceptors (Lipinski definition) is 11. The van der Waals surface area contributed by atoms with E-state index in [1.165, 1.54) is 23.3 Å². The molecule has 186 valence electrons. The maximum atomic E-state index is 10.4. The van der Waals surface area contributed by atoms with E-state index in [9.17, 15) is 5.11 Å². The van der Waals surface area contributed by atoms with Crippen molar-refractivity contribution in [2.75, 3.05) is 24.7 Å². The standard InChI is InChI=1S/C21H23N7O3S2.C2H6/c1-12-8-22-18(23-9-12)14(29)11-33-27-21-26-25-19(20-24-13(2)10-32-20)28(21)17-15(30-3)6-5-7-16(17)31-4;1-2/h5-10,14,29H,11H2,1-4H3,(H,26,27);1-2H3. The van der Waals surface area contributed by atoms with E-state index in [0.29, 0.717) is 45.5 Å². The summed E-state index contributed by atoms with van der Waals surface area (Å²) >= 11 is 2.73. The summed E-state index contributed by atoms with van der Waals surface area (Å²) in [5.41, 5.74) is 2.46. The lowest BCUT2D eigenvalue weighted by Gasteiger charge is -2.17. The highest BCUT2D eigenvalue weighted by molar-refractivity contribution is 8.00. The lowest BCUT2D eigenvalue weighted by atomic mass is 10.2. The van der Waals surface area contributed by atoms with Crippen molar-refractivity contribution in [1.82, 2.24) is 29.7 Å². The zero-order valence-electron chi connectivity index (χ0n) is 20.5. The number of nitrogens with zero attached hydrogens (tertiary/aromatic N) is 6. The molecular weight excluding hydrogens is 486 g/mol. The van der Waals surface area contributed by atoms with Crippen LogP contribution in [-0.2, 0) is 0 Å². The van der Waals surface area contributed by atoms with Crippen molar-refractivity contribution >= 4 is 29.2 Å². The lowest BCUT2D eigenvalue weighted by molar-refractivity contribution is 0.193. The van der Waals surface area contributed by atoms with Crippen LogP contribution in [-0.4, -0.2) is 54.8 Å². The van der Waals surface area contributed by atoms with Crippen LogP contribution in [0.15, 0.2) is 36.0 Å². The smallest absolute Gasteiger partial charge is 0.239 e. The molecule has 0 bridgehead atoms. The Balaban J connectivity index is 0.00000167. The van der Waals surface area contributed by atoms with Crippen LogP contribution in [0.25, 0.3) is 16.5 Å². The fourth-order valence-electron chi connectivity index (χ4n) is 3.04. The number of rotatable bonds is 9. The van der Waals surface area contributed by atoms with Gasteiger partial charge in [-0.3, -0.25) is 9.29 Å². The zero-order valence-corrected chi connectivity index (χ0v) is 22.1. The molecule has 0 fully saturated rings. The van der Waals surface area contributed by atoms with E-state index in [4.69, 9.17) is 9.47 Å². The number of nitrogens with one attached hydrogen (secondary N) is 1. The number of para-hydroxylation sites is 1. The van der Waals surface area contributed by atoms with Crippen molar-refractivity contribution in [3.63, 3.8) is 0 Å². The highest BCUT2D eigenvalue weighted by atomic mass is 32.2. The Morgan fingerprint density at radius 3 is 2.31 bits per heavy atom. The SMILES string of the molecule is CC.COc1cccc(OC)c1-n1c(NSCC(O)c2ncc(C)cn2)nnc1-c1nc(C)cs1. The monoisotopic (exact) mass is 515 g/mol. The van der Waals surface area contributed by atoms with Gasteiger partial charge in [-0.2, -0.15) is 0 Å². The molecule has 0 aliphatic carbocycles. The number of aromatic nitrogens is 6. The summed E-state index contributed by atoms with van der Waals surface area (Å²) in [7, 11) is 3.19. The van der Waals surface area contributed by atoms with Crippen molar-refractivity contribution in [1.29, 1.82) is 0 Å². The molecule has 4 aromatic rings. The van der Waals surface area contributed by atoms with Crippen LogP contribution in [0.1, 0.15) is 37.0 Å². The lowest BCUT2D eigenvalue weighted by Crippen LogP contribution is -2.10. The molecule has 3 aromatic heterocycles. The van der Waals surface area contributed by atoms with Gasteiger partial charge in [-0.25, -0.2) is 15.0 Å². The summed E-state index contributed by atoms with van der Waals surface area (Å²) in [6.07, 6.45) is 2.51. The number of aliphatic hydroxyl groups excluding tert-OH is 1. The molecule has 35 heavy (non-hydrogen) atoms. The van der Waals surface area contributed by atoms with Crippen molar-refractivity contribution in [3.05, 3.63) is 53.1 Å². The van der Waals surface area contributed by atoms with Gasteiger partial charge < -0.3 is 14.6 Å². The summed E-state index contributed by atoms with van der Waals surface area (Å²) in [5, 5.41) is 21.8. The molecule has 1 aromatic carbocycles. The second kappa shape index (κ2) is 12.5. The van der Waals surface area contributed by atoms with E-state index in [1.54, 1.807) is 31.2 Å². The van der Waals surface area contributed by atoms with Gasteiger partial charge in [0.25, 0.3) is 0 Å². The second-order valence-corrected chi connectivity index (χ2v) is 8.72. The zero-order chi connectivity index (χ0) is 25.4. The minimum Gasteiger partial charge on any atom is -0.494 e. The fourth-order valence-corrected chi connectivity index (χ4v) is 4.46. The summed E-state index contributed by atoms with van der Waals surface area (Å²) in [6, 6.07) is 5.52. The average molecular weight is 516 g/mol. The summed E-state index contributed by atoms with van der Waals surface area (Å²) < 4.78 is 16.2. The van der Waals surface area contributed by atoms with E-state index in [-0.39, 0.29) is 0 Å². The molecule has 0 aliphatic rings. The molecule has 12 heteroatoms. The molecule has 0 amide bonds. The Morgan fingerprint density at radius 2 is 1.74 bits per heavy atom. The van der Waals surface area contributed by atoms with Crippen LogP contribution in [0.2, 0.25) is 0 Å². The molecule has 3 heterocycles. The molecule has 0 aliphatic heterocycles. The van der Waals surface area contributed by atoms with Gasteiger partial charge in [0.2, 0.25) is 5.95 Å². The number of benzene rings is 1. The molecule has 10 nitrogen and oxygen atoms in total. The minimum absolute atomic E-state index is 0.296. The van der Waals surface area contributed by atoms with E-state index < -0.39 is 6.10 Å². The second-order valence-electron chi connectivity index (χ2n) is 7.04. The van der Waals surface area contributed by atoms with Crippen LogP contribution in [0.5, 0.6) is 11.5 Å². The Hall–Kier alpha value is -3.22. The van der Waals surface area contributed by atoms with Gasteiger partial charge in [0, 0.05) is 29.2 Å². The molecule has 1 atom stereocenters. The third-order valence-corrected chi connectivity index (χ3v) is 6.37. The number of thiazole rings is 1. The number of aryl methyl sites for hydroxylation is 2. The van der Waals surface area contributed by atoms with Crippen LogP contribution in [0.4, 0.5) is 5.95 Å². The van der Waals surface area contributed by atoms with Gasteiger partial charge in [0.05, 0.1) is 14.2 Å². The molecule has 0 saturated carbocycles. The third-order valence-electron chi connectivity index (χ3n) is 4.60. The Kier molecular flexibility index (Phi) is 9.40. The number of anilines is 1. The van der Waals surface area contributed by atoms with Crippen molar-refractivity contribution < 1.29 is 14.6 Å². The largest absolute Gasteiger partial charge is 0.494 e. The van der Waals surface area contributed by atoms with Gasteiger partial charge in [0.1, 0.15) is 23.3 Å². The van der Waals surface area contributed by atoms with E-state index in [2.05, 4.69) is 29.9 Å². The summed E-state index contributed by atoms with van der Waals surface area (Å²) in [6.45, 7) is 7.82. The van der Waals surface area contributed by atoms with Gasteiger partial charge in [-0.15, -0.1) is 21.5 Å². The van der Waals surface area contributed by atoms with Crippen LogP contribution in [0.3, 0.4) is 0 Å². The third kappa shape index (κ3) is 6.08. The first-order chi connectivity index (χ1) is 17.0. The molecule has 0 spiro atoms. The van der Waals surface area contributed by atoms with Crippen molar-refractivity contribution in [2.24, 2.45) is 0 Å². The van der Waals surface area contributed by atoms with E-state index in [1.807, 2.05) is 51.3 Å². The van der Waals surface area contributed by atoms with Gasteiger partial charge in [-0.1, -0.05) is 19.9 Å². The normalized spacial score (nSPS) is 11.4. The number of hydrogen-bond donors (Lipinski definition) is 2. The summed E-state index contributed by atoms with van der Waals surface area (Å²) in [4.78, 5) is 12.9. The molecular formula is C23H29N7O3S2. The van der Waals surface area contributed by atoms with Crippen LogP contribution in [0, 0.1) is 13.8 Å². The summed E-state index contributed by atoms with van der Waals surface area (Å²) in [5.74, 6) is 2.81. The van der Waals surface area contributed by atoms with Gasteiger partial charge >= 0.3 is 0 Å². The predicted octanol–water partition coefficient (Wildman–Crippen LogP) is 4.63. The molecule has 4 rings (SSSR count). The van der Waals surface area contributed by atoms with Crippen LogP contribution < -0.4 is 14.2 Å². The minimum atomic E-state index is -0.846. The molecule has 1 unspecified atom stereocenters. The molecule has 0 saturated heterocycles. The van der Waals surface area contributed by atoms with E-state index >= 15 is 0 Å². The maximum Gasteiger partial charge on any atom is 0.239 e. The highest BCUT2D eigenvalue weighted by Gasteiger charge is 2.24. The van der Waals surface area contributed by atoms with Crippen molar-refractivity contribution in [2.45, 2.75) is 33.8 Å². The Bertz CT molecular complexity index is 1210. The van der Waals surface area contributed by atoms with Gasteiger partial charge in [-0.05, 0) is 43.5 Å². The molecule has 2 N–H and O–H groups in total. The molecule has 0 radical (unpaired) electrons. The maximum absolute atomic E-state index is 10.4. The average Bonchev–Trinajstić information content (AvgIpc) is 3.50. The first-order valence-corrected chi connectivity index (χ1v) is 12.8. The van der Waals surface area contributed by atoms with Crippen molar-refractivity contribution in [3.8, 4) is 28.0 Å². The quantitative estimate of drug-likeness (QED) is 0.305. The first kappa shape index (κ1) is 26.4. The van der Waals surface area contributed by atoms with E-state index in [0.717, 1.165) is 11.3 Å². The first-order valence-electron chi connectivity index (χ1n) is 11.0. The number of methoxy groups -OCH3 is 2. The Labute approximate surface area is 212 Å². The fraction of sp³-hybridized carbons (Fsp3) is 0.348. The number of ether oxygens (including phenoxy) is 2. The van der Waals surface area contributed by atoms with Gasteiger partial charge in [0.15, 0.2) is 16.7 Å². The topological polar surface area (TPSA) is 120 Å². The predicted molar refractivity (Wildman–Crippen MR) is 139 cm³/mol. The Morgan fingerprint density at radius 1 is 1.09 bits per heavy atom. The van der Waals surface area contributed by atoms with Crippen LogP contribution >= 0.6 is 23.3 Å². The highest BCUT2D eigenvalue weighted by Crippen LogP contribution is 2.38.